The van der Waals surface area contributed by atoms with Crippen LogP contribution in [0.15, 0.2) is 206 Å². The van der Waals surface area contributed by atoms with Gasteiger partial charge in [-0.3, -0.25) is 56.9 Å². The second-order valence-corrected chi connectivity index (χ2v) is 43.4. The molecule has 728 valence electrons. The Bertz CT molecular complexity index is 6310. The molecule has 0 atom stereocenters. The molecule has 0 saturated carbocycles. The highest BCUT2D eigenvalue weighted by Crippen LogP contribution is 2.44. The number of hydrogen-bond acceptors (Lipinski definition) is 32. The van der Waals surface area contributed by atoms with Gasteiger partial charge in [-0.1, -0.05) is 202 Å². The number of hydrogen-bond donors (Lipinski definition) is 10. The minimum Gasteiger partial charge on any atom is -0.382 e. The summed E-state index contributed by atoms with van der Waals surface area (Å²) in [7, 11) is 8.66. The minimum atomic E-state index is -0.479. The van der Waals surface area contributed by atoms with Crippen molar-refractivity contribution in [3.63, 3.8) is 0 Å². The SMILES string of the molecule is Cc1ccccc1Sc1c(N)nc(N2CCC(C)(CN)CC2)n(C)c1=O.Cc1ccccc1Sc1c(N)nc(N2CCC(C)(CN)CC2)n(C)c1=O.Cn1c(N2CCC(C)(CN)CC2)nc(N)c(Sc2ccc(Cl)cc2Cl)c1=O.Cn1c(N2CCC(C)(CN)CC2)nc(N)c(Sc2cccc3ccccc23)c1=O.Cn1c(N2CCC(C)(CN)CC2)nc(N)c(Sc2ccccc2[N+](=O)[O-])c1=O. The Morgan fingerprint density at radius 2 is 0.581 bits per heavy atom. The summed E-state index contributed by atoms with van der Waals surface area (Å²) in [6.07, 6.45) is 9.62. The molecule has 0 aliphatic carbocycles. The van der Waals surface area contributed by atoms with Gasteiger partial charge in [0.05, 0.1) is 14.8 Å². The number of para-hydroxylation sites is 1. The molecule has 33 nitrogen and oxygen atoms in total. The number of piperidine rings is 5. The highest BCUT2D eigenvalue weighted by atomic mass is 35.5. The summed E-state index contributed by atoms with van der Waals surface area (Å²) in [5, 5.41) is 14.5. The molecule has 5 aromatic heterocycles. The second-order valence-electron chi connectivity index (χ2n) is 37.3. The number of nitrogens with zero attached hydrogens (tertiary/aromatic N) is 16. The average Bonchev–Trinajstić information content (AvgIpc) is 0.798. The van der Waals surface area contributed by atoms with E-state index in [2.05, 4.69) is 97.3 Å². The molecule has 20 N–H and O–H groups in total. The molecule has 5 aliphatic rings. The number of nitrogen functional groups attached to an aromatic ring is 5. The number of nitrogens with two attached hydrogens (primary N) is 10. The fourth-order valence-electron chi connectivity index (χ4n) is 16.5. The summed E-state index contributed by atoms with van der Waals surface area (Å²) >= 11 is 18.5. The van der Waals surface area contributed by atoms with Crippen molar-refractivity contribution in [1.29, 1.82) is 0 Å². The number of fused-ring (bicyclic) bond motifs is 1. The highest BCUT2D eigenvalue weighted by Gasteiger charge is 2.38. The summed E-state index contributed by atoms with van der Waals surface area (Å²) in [5.74, 6) is 4.16. The van der Waals surface area contributed by atoms with Crippen LogP contribution in [0.3, 0.4) is 0 Å². The number of nitro groups is 1. The predicted molar refractivity (Wildman–Crippen MR) is 559 cm³/mol. The van der Waals surface area contributed by atoms with Crippen LogP contribution in [-0.4, -0.2) is 151 Å². The molecule has 0 unspecified atom stereocenters. The minimum absolute atomic E-state index is 0.0740. The van der Waals surface area contributed by atoms with E-state index in [1.165, 1.54) is 57.7 Å². The molecule has 136 heavy (non-hydrogen) atoms. The molecule has 40 heteroatoms. The molecule has 0 bridgehead atoms. The third-order valence-electron chi connectivity index (χ3n) is 26.9. The van der Waals surface area contributed by atoms with Crippen molar-refractivity contribution in [2.24, 2.45) is 91.0 Å². The largest absolute Gasteiger partial charge is 0.382 e. The van der Waals surface area contributed by atoms with Gasteiger partial charge in [-0.15, -0.1) is 0 Å². The van der Waals surface area contributed by atoms with E-state index in [4.69, 9.17) is 80.5 Å². The maximum absolute atomic E-state index is 13.2. The lowest BCUT2D eigenvalue weighted by Crippen LogP contribution is -2.44. The van der Waals surface area contributed by atoms with Gasteiger partial charge in [0.15, 0.2) is 0 Å². The van der Waals surface area contributed by atoms with E-state index in [-0.39, 0.29) is 82.9 Å². The maximum Gasteiger partial charge on any atom is 0.283 e. The zero-order valence-corrected chi connectivity index (χ0v) is 85.1. The van der Waals surface area contributed by atoms with E-state index >= 15 is 0 Å². The fourth-order valence-corrected chi connectivity index (χ4v) is 21.9. The van der Waals surface area contributed by atoms with Crippen LogP contribution in [0.2, 0.25) is 10.0 Å². The van der Waals surface area contributed by atoms with Gasteiger partial charge in [-0.25, -0.2) is 0 Å². The van der Waals surface area contributed by atoms with Crippen LogP contribution in [0.5, 0.6) is 0 Å². The second kappa shape index (κ2) is 45.0. The smallest absolute Gasteiger partial charge is 0.283 e. The molecule has 6 aromatic carbocycles. The normalized spacial score (nSPS) is 16.5. The Morgan fingerprint density at radius 3 is 0.868 bits per heavy atom. The average molecular weight is 1990 g/mol. The topological polar surface area (TPSA) is 494 Å². The van der Waals surface area contributed by atoms with E-state index < -0.39 is 4.92 Å². The molecule has 16 rings (SSSR count). The van der Waals surface area contributed by atoms with Gasteiger partial charge in [-0.2, -0.15) is 24.9 Å². The summed E-state index contributed by atoms with van der Waals surface area (Å²) in [6.45, 7) is 26.4. The van der Waals surface area contributed by atoms with Crippen molar-refractivity contribution in [2.45, 2.75) is 162 Å². The van der Waals surface area contributed by atoms with Crippen LogP contribution in [0.25, 0.3) is 10.8 Å². The van der Waals surface area contributed by atoms with Crippen molar-refractivity contribution >= 4 is 157 Å². The standard InChI is InChI=1S/C22H27N5OS.2C19H27N5OS.C18H23Cl2N5OS.C18H24N6O3S/c1-22(14-23)10-12-27(13-11-22)21-25-19(24)18(20(28)26(21)2)29-17-9-5-7-15-6-3-4-8-16(15)17;2*1-13-6-4-5-7-14(13)26-15-16(21)22-18(23(3)17(15)25)24-10-8-19(2,12-20)9-11-24;1-18(10-21)5-7-25(8-6-18)17-23-15(22)14(16(26)24(17)2)27-13-4-3-11(19)9-12(13)20;1-18(11-19)7-9-23(10-8-18)17-21-15(20)14(16(25)22(17)2)28-13-6-4-3-5-12(13)24(26)27/h3-9H,10-14,23-24H2,1-2H3;2*4-7H,8-12,20-21H2,1-3H3;3-4,9H,5-8,10,21-22H2,1-2H3;3-6H,7-11,19-20H2,1-2H3. The lowest BCUT2D eigenvalue weighted by Gasteiger charge is -2.39. The van der Waals surface area contributed by atoms with Crippen LogP contribution in [-0.2, 0) is 35.2 Å². The van der Waals surface area contributed by atoms with Gasteiger partial charge < -0.3 is 81.8 Å². The molecule has 5 saturated heterocycles. The number of aryl methyl sites for hydroxylation is 2. The first-order valence-corrected chi connectivity index (χ1v) is 50.2. The molecular formula is C96H128Cl2N26O7S5. The van der Waals surface area contributed by atoms with Crippen LogP contribution < -0.4 is 110 Å². The Morgan fingerprint density at radius 1 is 0.338 bits per heavy atom. The number of benzene rings is 6. The molecule has 0 radical (unpaired) electrons. The Hall–Kier alpha value is -10.5. The van der Waals surface area contributed by atoms with Gasteiger partial charge in [0, 0.05) is 131 Å². The highest BCUT2D eigenvalue weighted by molar-refractivity contribution is 8.00. The first-order valence-electron chi connectivity index (χ1n) is 45.3. The van der Waals surface area contributed by atoms with Gasteiger partial charge in [-0.05, 0) is 202 Å². The quantitative estimate of drug-likeness (QED) is 0.0236. The summed E-state index contributed by atoms with van der Waals surface area (Å²) in [4.78, 5) is 115. The third-order valence-corrected chi connectivity index (χ3v) is 33.6. The molecule has 0 spiro atoms. The predicted octanol–water partition coefficient (Wildman–Crippen LogP) is 13.4. The number of anilines is 10. The van der Waals surface area contributed by atoms with E-state index in [9.17, 15) is 34.1 Å². The third kappa shape index (κ3) is 24.4. The van der Waals surface area contributed by atoms with Crippen LogP contribution >= 0.6 is 82.0 Å². The number of nitro benzene ring substituents is 1. The van der Waals surface area contributed by atoms with Gasteiger partial charge in [0.2, 0.25) is 29.7 Å². The Labute approximate surface area is 824 Å². The molecule has 10 heterocycles. The molecule has 5 aliphatic heterocycles. The van der Waals surface area contributed by atoms with Crippen molar-refractivity contribution in [1.82, 2.24) is 47.8 Å². The number of aromatic nitrogens is 10. The van der Waals surface area contributed by atoms with Gasteiger partial charge >= 0.3 is 0 Å². The van der Waals surface area contributed by atoms with Crippen molar-refractivity contribution in [3.05, 3.63) is 217 Å². The van der Waals surface area contributed by atoms with Gasteiger partial charge in [0.25, 0.3) is 33.5 Å². The number of rotatable bonds is 21. The molecular weight excluding hydrogens is 1860 g/mol. The van der Waals surface area contributed by atoms with Crippen molar-refractivity contribution in [3.8, 4) is 0 Å². The summed E-state index contributed by atoms with van der Waals surface area (Å²) in [5.41, 5.74) is 62.4. The zero-order valence-electron chi connectivity index (χ0n) is 79.5. The van der Waals surface area contributed by atoms with Gasteiger partial charge in [0.1, 0.15) is 53.6 Å². The summed E-state index contributed by atoms with van der Waals surface area (Å²) < 4.78 is 7.85. The van der Waals surface area contributed by atoms with E-state index in [1.54, 1.807) is 89.9 Å². The first-order chi connectivity index (χ1) is 64.6. The van der Waals surface area contributed by atoms with Crippen LogP contribution in [0.4, 0.5) is 64.5 Å². The lowest BCUT2D eigenvalue weighted by atomic mass is 9.81. The fraction of sp³-hybridized carbons (Fsp3) is 0.438. The monoisotopic (exact) mass is 1990 g/mol. The zero-order chi connectivity index (χ0) is 98.6. The maximum atomic E-state index is 13.2. The molecule has 0 amide bonds. The Balaban J connectivity index is 0.000000153. The van der Waals surface area contributed by atoms with Crippen LogP contribution in [0.1, 0.15) is 110 Å². The van der Waals surface area contributed by atoms with E-state index in [0.717, 1.165) is 178 Å². The number of halogens is 2. The van der Waals surface area contributed by atoms with Crippen LogP contribution in [0, 0.1) is 51.0 Å². The molecule has 11 aromatic rings. The van der Waals surface area contributed by atoms with E-state index in [0.29, 0.717) is 114 Å². The first kappa shape index (κ1) is 104. The van der Waals surface area contributed by atoms with Crippen molar-refractivity contribution < 1.29 is 4.92 Å². The van der Waals surface area contributed by atoms with Crippen molar-refractivity contribution in [2.75, 3.05) is 151 Å². The summed E-state index contributed by atoms with van der Waals surface area (Å²) in [6, 6.07) is 41.5. The van der Waals surface area contributed by atoms with E-state index in [1.807, 2.05) is 91.5 Å². The molecule has 5 fully saturated rings. The lowest BCUT2D eigenvalue weighted by molar-refractivity contribution is -0.387. The Kier molecular flexibility index (Phi) is 34.5.